The first-order valence-electron chi connectivity index (χ1n) is 9.94. The van der Waals surface area contributed by atoms with Gasteiger partial charge in [-0.05, 0) is 54.3 Å². The molecule has 3 nitrogen and oxygen atoms in total. The van der Waals surface area contributed by atoms with E-state index in [9.17, 15) is 0 Å². The van der Waals surface area contributed by atoms with E-state index in [2.05, 4.69) is 12.1 Å². The summed E-state index contributed by atoms with van der Waals surface area (Å²) in [6, 6.07) is 17.4. The summed E-state index contributed by atoms with van der Waals surface area (Å²) in [5.74, 6) is -0.247. The van der Waals surface area contributed by atoms with Crippen molar-refractivity contribution in [2.45, 2.75) is 19.8 Å². The molecule has 1 unspecified atom stereocenters. The van der Waals surface area contributed by atoms with Crippen LogP contribution in [0, 0.1) is 19.7 Å². The van der Waals surface area contributed by atoms with Crippen LogP contribution in [-0.2, 0) is 4.74 Å². The topological polar surface area (TPSA) is 44.5 Å². The minimum Gasteiger partial charge on any atom is -0.488 e. The summed E-state index contributed by atoms with van der Waals surface area (Å²) in [5.41, 5.74) is 11.2. The molecule has 0 amide bonds. The second-order valence-corrected chi connectivity index (χ2v) is 7.71. The average Bonchev–Trinajstić information content (AvgIpc) is 2.74. The fraction of sp³-hybridized carbons (Fsp3) is 0.280. The highest BCUT2D eigenvalue weighted by Gasteiger charge is 2.21. The minimum atomic E-state index is -0.424. The number of nitrogens with two attached hydrogens (primary N) is 1. The van der Waals surface area contributed by atoms with E-state index in [1.54, 1.807) is 13.2 Å². The third-order valence-electron chi connectivity index (χ3n) is 5.30. The molecule has 30 heavy (non-hydrogen) atoms. The van der Waals surface area contributed by atoms with Crippen molar-refractivity contribution in [2.75, 3.05) is 26.9 Å². The maximum atomic E-state index is 15.4. The number of ether oxygens (including phenoxy) is 2. The molecule has 0 saturated heterocycles. The van der Waals surface area contributed by atoms with Gasteiger partial charge in [-0.3, -0.25) is 0 Å². The lowest BCUT2D eigenvalue weighted by Crippen LogP contribution is -2.15. The second kappa shape index (κ2) is 10.1. The van der Waals surface area contributed by atoms with E-state index in [4.69, 9.17) is 26.8 Å². The smallest absolute Gasteiger partial charge is 0.173 e. The van der Waals surface area contributed by atoms with Gasteiger partial charge in [0.05, 0.1) is 6.61 Å². The van der Waals surface area contributed by atoms with Crippen LogP contribution in [0.3, 0.4) is 0 Å². The molecule has 0 aliphatic heterocycles. The van der Waals surface area contributed by atoms with E-state index in [0.29, 0.717) is 29.3 Å². The largest absolute Gasteiger partial charge is 0.488 e. The Morgan fingerprint density at radius 1 is 1.00 bits per heavy atom. The summed E-state index contributed by atoms with van der Waals surface area (Å²) in [6.45, 7) is 4.96. The molecule has 0 spiro atoms. The van der Waals surface area contributed by atoms with Gasteiger partial charge in [-0.25, -0.2) is 4.39 Å². The lowest BCUT2D eigenvalue weighted by molar-refractivity contribution is 0.144. The highest BCUT2D eigenvalue weighted by Crippen LogP contribution is 2.40. The Labute approximate surface area is 182 Å². The van der Waals surface area contributed by atoms with Crippen molar-refractivity contribution in [3.8, 4) is 16.9 Å². The van der Waals surface area contributed by atoms with Crippen molar-refractivity contribution >= 4 is 11.6 Å². The van der Waals surface area contributed by atoms with Crippen molar-refractivity contribution < 1.29 is 13.9 Å². The molecular weight excluding hydrogens is 401 g/mol. The fourth-order valence-corrected chi connectivity index (χ4v) is 4.03. The van der Waals surface area contributed by atoms with Crippen molar-refractivity contribution in [3.63, 3.8) is 0 Å². The quantitative estimate of drug-likeness (QED) is 0.456. The maximum absolute atomic E-state index is 15.4. The Bertz CT molecular complexity index is 1010. The minimum absolute atomic E-state index is 0.00767. The first-order valence-corrected chi connectivity index (χ1v) is 10.3. The van der Waals surface area contributed by atoms with Crippen molar-refractivity contribution in [2.24, 2.45) is 5.73 Å². The molecule has 2 N–H and O–H groups in total. The number of aryl methyl sites for hydroxylation is 2. The molecule has 3 rings (SSSR count). The molecule has 3 aromatic rings. The summed E-state index contributed by atoms with van der Waals surface area (Å²) < 4.78 is 26.0. The molecule has 0 radical (unpaired) electrons. The molecule has 1 atom stereocenters. The Kier molecular flexibility index (Phi) is 7.48. The van der Waals surface area contributed by atoms with Gasteiger partial charge >= 0.3 is 0 Å². The summed E-state index contributed by atoms with van der Waals surface area (Å²) in [7, 11) is 1.58. The maximum Gasteiger partial charge on any atom is 0.173 e. The van der Waals surface area contributed by atoms with Gasteiger partial charge in [0.2, 0.25) is 0 Å². The van der Waals surface area contributed by atoms with Gasteiger partial charge in [-0.1, -0.05) is 48.0 Å². The zero-order valence-corrected chi connectivity index (χ0v) is 18.3. The SMILES string of the molecule is COCCOc1ccc(C)c(-c2cc(C(CN)c3ccccc3)c(C)cc2Cl)c1F. The van der Waals surface area contributed by atoms with E-state index in [1.807, 2.05) is 50.2 Å². The van der Waals surface area contributed by atoms with E-state index in [-0.39, 0.29) is 18.3 Å². The zero-order valence-electron chi connectivity index (χ0n) is 17.5. The van der Waals surface area contributed by atoms with Crippen LogP contribution in [0.4, 0.5) is 4.39 Å². The van der Waals surface area contributed by atoms with E-state index >= 15 is 4.39 Å². The molecule has 0 heterocycles. The summed E-state index contributed by atoms with van der Waals surface area (Å²) in [6.07, 6.45) is 0. The molecule has 0 saturated carbocycles. The van der Waals surface area contributed by atoms with Crippen LogP contribution in [0.25, 0.3) is 11.1 Å². The molecule has 158 valence electrons. The first kappa shape index (κ1) is 22.3. The molecule has 3 aromatic carbocycles. The number of benzene rings is 3. The average molecular weight is 428 g/mol. The van der Waals surface area contributed by atoms with Gasteiger partial charge in [0.1, 0.15) is 6.61 Å². The zero-order chi connectivity index (χ0) is 21.7. The molecule has 0 bridgehead atoms. The van der Waals surface area contributed by atoms with Crippen LogP contribution in [0.5, 0.6) is 5.75 Å². The third-order valence-corrected chi connectivity index (χ3v) is 5.61. The highest BCUT2D eigenvalue weighted by molar-refractivity contribution is 6.33. The first-order chi connectivity index (χ1) is 14.5. The Morgan fingerprint density at radius 2 is 1.73 bits per heavy atom. The van der Waals surface area contributed by atoms with Crippen LogP contribution in [0.1, 0.15) is 28.2 Å². The number of methoxy groups -OCH3 is 1. The second-order valence-electron chi connectivity index (χ2n) is 7.30. The van der Waals surface area contributed by atoms with Crippen LogP contribution < -0.4 is 10.5 Å². The molecule has 0 fully saturated rings. The summed E-state index contributed by atoms with van der Waals surface area (Å²) in [4.78, 5) is 0. The normalized spacial score (nSPS) is 12.1. The van der Waals surface area contributed by atoms with Crippen LogP contribution in [-0.4, -0.2) is 26.9 Å². The lowest BCUT2D eigenvalue weighted by atomic mass is 9.86. The molecular formula is C25H27ClFNO2. The third kappa shape index (κ3) is 4.67. The van der Waals surface area contributed by atoms with Crippen LogP contribution in [0.2, 0.25) is 5.02 Å². The van der Waals surface area contributed by atoms with Gasteiger partial charge in [-0.15, -0.1) is 0 Å². The molecule has 0 aromatic heterocycles. The number of hydrogen-bond acceptors (Lipinski definition) is 3. The monoisotopic (exact) mass is 427 g/mol. The lowest BCUT2D eigenvalue weighted by Gasteiger charge is -2.21. The number of halogens is 2. The molecule has 5 heteroatoms. The fourth-order valence-electron chi connectivity index (χ4n) is 3.71. The Hall–Kier alpha value is -2.40. The van der Waals surface area contributed by atoms with Gasteiger partial charge in [0, 0.05) is 35.7 Å². The van der Waals surface area contributed by atoms with E-state index in [1.165, 1.54) is 0 Å². The van der Waals surface area contributed by atoms with Crippen LogP contribution >= 0.6 is 11.6 Å². The summed E-state index contributed by atoms with van der Waals surface area (Å²) >= 11 is 6.59. The van der Waals surface area contributed by atoms with Gasteiger partial charge in [0.15, 0.2) is 11.6 Å². The van der Waals surface area contributed by atoms with E-state index < -0.39 is 5.82 Å². The van der Waals surface area contributed by atoms with Gasteiger partial charge in [0.25, 0.3) is 0 Å². The predicted octanol–water partition coefficient (Wildman–Crippen LogP) is 5.88. The highest BCUT2D eigenvalue weighted by atomic mass is 35.5. The van der Waals surface area contributed by atoms with Crippen molar-refractivity contribution in [1.82, 2.24) is 0 Å². The predicted molar refractivity (Wildman–Crippen MR) is 121 cm³/mol. The van der Waals surface area contributed by atoms with Crippen LogP contribution in [0.15, 0.2) is 54.6 Å². The van der Waals surface area contributed by atoms with Gasteiger partial charge < -0.3 is 15.2 Å². The van der Waals surface area contributed by atoms with Crippen molar-refractivity contribution in [3.05, 3.63) is 87.7 Å². The molecule has 0 aliphatic rings. The Morgan fingerprint density at radius 3 is 2.40 bits per heavy atom. The Balaban J connectivity index is 2.11. The molecule has 0 aliphatic carbocycles. The number of hydrogen-bond donors (Lipinski definition) is 1. The van der Waals surface area contributed by atoms with Gasteiger partial charge in [-0.2, -0.15) is 0 Å². The van der Waals surface area contributed by atoms with Crippen molar-refractivity contribution in [1.29, 1.82) is 0 Å². The number of rotatable bonds is 8. The van der Waals surface area contributed by atoms with E-state index in [0.717, 1.165) is 22.3 Å². The summed E-state index contributed by atoms with van der Waals surface area (Å²) in [5, 5.41) is 0.496. The standard InChI is InChI=1S/C25H27ClFNO2/c1-16-9-10-23(30-12-11-29-3)25(27)24(16)20-14-19(17(2)13-22(20)26)21(15-28)18-7-5-4-6-8-18/h4-10,13-14,21H,11-12,15,28H2,1-3H3.